The van der Waals surface area contributed by atoms with Gasteiger partial charge < -0.3 is 10.4 Å². The summed E-state index contributed by atoms with van der Waals surface area (Å²) in [5.41, 5.74) is 0.672. The Morgan fingerprint density at radius 1 is 1.33 bits per heavy atom. The van der Waals surface area contributed by atoms with Crippen LogP contribution >= 0.6 is 0 Å². The van der Waals surface area contributed by atoms with Crippen LogP contribution in [0.15, 0.2) is 30.3 Å². The molecule has 1 amide bonds. The molecule has 0 radical (unpaired) electrons. The van der Waals surface area contributed by atoms with Crippen molar-refractivity contribution in [1.29, 1.82) is 0 Å². The Bertz CT molecular complexity index is 373. The molecular formula is C15H23NO2. The molecule has 1 unspecified atom stereocenters. The van der Waals surface area contributed by atoms with Gasteiger partial charge in [-0.3, -0.25) is 4.79 Å². The van der Waals surface area contributed by atoms with E-state index in [-0.39, 0.29) is 24.0 Å². The first-order valence-electron chi connectivity index (χ1n) is 6.48. The molecule has 0 heterocycles. The van der Waals surface area contributed by atoms with Crippen LogP contribution in [0.2, 0.25) is 0 Å². The Morgan fingerprint density at radius 3 is 2.44 bits per heavy atom. The third-order valence-corrected chi connectivity index (χ3v) is 3.13. The molecule has 1 rings (SSSR count). The van der Waals surface area contributed by atoms with Gasteiger partial charge in [-0.2, -0.15) is 0 Å². The Labute approximate surface area is 109 Å². The highest BCUT2D eigenvalue weighted by atomic mass is 16.3. The number of carbonyl (C=O) groups excluding carboxylic acids is 1. The van der Waals surface area contributed by atoms with Gasteiger partial charge in [-0.25, -0.2) is 0 Å². The lowest BCUT2D eigenvalue weighted by molar-refractivity contribution is -0.124. The number of aliphatic hydroxyl groups is 1. The van der Waals surface area contributed by atoms with E-state index in [0.29, 0.717) is 6.42 Å². The van der Waals surface area contributed by atoms with Crippen LogP contribution in [0.3, 0.4) is 0 Å². The highest BCUT2D eigenvalue weighted by molar-refractivity contribution is 5.84. The summed E-state index contributed by atoms with van der Waals surface area (Å²) in [4.78, 5) is 12.3. The highest BCUT2D eigenvalue weighted by Crippen LogP contribution is 2.21. The number of nitrogens with one attached hydrogen (secondary N) is 1. The van der Waals surface area contributed by atoms with E-state index in [9.17, 15) is 4.79 Å². The molecule has 0 aliphatic heterocycles. The van der Waals surface area contributed by atoms with Gasteiger partial charge >= 0.3 is 0 Å². The lowest BCUT2D eigenvalue weighted by atomic mass is 9.93. The van der Waals surface area contributed by atoms with E-state index in [4.69, 9.17) is 5.11 Å². The SMILES string of the molecule is CCC(C(=O)NC(C)(C)CCO)c1ccccc1. The molecule has 1 aromatic carbocycles. The quantitative estimate of drug-likeness (QED) is 0.813. The molecule has 1 atom stereocenters. The molecule has 0 saturated heterocycles. The number of hydrogen-bond donors (Lipinski definition) is 2. The van der Waals surface area contributed by atoms with Crippen LogP contribution in [0.1, 0.15) is 45.1 Å². The van der Waals surface area contributed by atoms with Gasteiger partial charge in [0.2, 0.25) is 5.91 Å². The smallest absolute Gasteiger partial charge is 0.227 e. The predicted octanol–water partition coefficient (Wildman–Crippen LogP) is 2.46. The molecule has 0 aliphatic rings. The van der Waals surface area contributed by atoms with Gasteiger partial charge in [0.25, 0.3) is 0 Å². The predicted molar refractivity (Wildman–Crippen MR) is 73.4 cm³/mol. The molecule has 0 bridgehead atoms. The fraction of sp³-hybridized carbons (Fsp3) is 0.533. The van der Waals surface area contributed by atoms with E-state index in [1.807, 2.05) is 51.1 Å². The van der Waals surface area contributed by atoms with E-state index in [1.165, 1.54) is 0 Å². The van der Waals surface area contributed by atoms with Gasteiger partial charge in [-0.05, 0) is 32.3 Å². The summed E-state index contributed by atoms with van der Waals surface area (Å²) < 4.78 is 0. The highest BCUT2D eigenvalue weighted by Gasteiger charge is 2.25. The van der Waals surface area contributed by atoms with Crippen molar-refractivity contribution in [2.75, 3.05) is 6.61 Å². The average Bonchev–Trinajstić information content (AvgIpc) is 2.30. The number of rotatable bonds is 6. The normalized spacial score (nSPS) is 13.1. The summed E-state index contributed by atoms with van der Waals surface area (Å²) in [6, 6.07) is 9.80. The van der Waals surface area contributed by atoms with Crippen molar-refractivity contribution in [3.05, 3.63) is 35.9 Å². The van der Waals surface area contributed by atoms with Crippen LogP contribution < -0.4 is 5.32 Å². The summed E-state index contributed by atoms with van der Waals surface area (Å²) >= 11 is 0. The second-order valence-corrected chi connectivity index (χ2v) is 5.22. The molecule has 0 saturated carbocycles. The van der Waals surface area contributed by atoms with Crippen molar-refractivity contribution in [2.24, 2.45) is 0 Å². The first-order valence-corrected chi connectivity index (χ1v) is 6.48. The molecular weight excluding hydrogens is 226 g/mol. The van der Waals surface area contributed by atoms with E-state index in [0.717, 1.165) is 12.0 Å². The molecule has 100 valence electrons. The average molecular weight is 249 g/mol. The summed E-state index contributed by atoms with van der Waals surface area (Å²) in [6.07, 6.45) is 1.33. The van der Waals surface area contributed by atoms with E-state index in [2.05, 4.69) is 5.32 Å². The minimum atomic E-state index is -0.367. The van der Waals surface area contributed by atoms with Crippen molar-refractivity contribution in [3.63, 3.8) is 0 Å². The lowest BCUT2D eigenvalue weighted by Gasteiger charge is -2.28. The van der Waals surface area contributed by atoms with Crippen LogP contribution in [0.25, 0.3) is 0 Å². The van der Waals surface area contributed by atoms with Crippen LogP contribution in [0, 0.1) is 0 Å². The number of benzene rings is 1. The minimum Gasteiger partial charge on any atom is -0.396 e. The molecule has 0 aromatic heterocycles. The van der Waals surface area contributed by atoms with Gasteiger partial charge in [0.1, 0.15) is 0 Å². The van der Waals surface area contributed by atoms with Crippen molar-refractivity contribution in [2.45, 2.75) is 45.1 Å². The summed E-state index contributed by atoms with van der Waals surface area (Å²) in [5, 5.41) is 12.0. The van der Waals surface area contributed by atoms with Crippen LogP contribution in [0.5, 0.6) is 0 Å². The summed E-state index contributed by atoms with van der Waals surface area (Å²) in [6.45, 7) is 5.95. The number of amides is 1. The zero-order valence-electron chi connectivity index (χ0n) is 11.4. The Kier molecular flexibility index (Phi) is 5.35. The Hall–Kier alpha value is -1.35. The maximum absolute atomic E-state index is 12.3. The van der Waals surface area contributed by atoms with Gasteiger partial charge in [-0.15, -0.1) is 0 Å². The number of aliphatic hydroxyl groups excluding tert-OH is 1. The van der Waals surface area contributed by atoms with Gasteiger partial charge in [0.05, 0.1) is 5.92 Å². The van der Waals surface area contributed by atoms with Gasteiger partial charge in [0, 0.05) is 12.1 Å². The number of carbonyl (C=O) groups is 1. The first-order chi connectivity index (χ1) is 8.50. The van der Waals surface area contributed by atoms with E-state index >= 15 is 0 Å². The standard InChI is InChI=1S/C15H23NO2/c1-4-13(12-8-6-5-7-9-12)14(18)16-15(2,3)10-11-17/h5-9,13,17H,4,10-11H2,1-3H3,(H,16,18). The molecule has 2 N–H and O–H groups in total. The van der Waals surface area contributed by atoms with Gasteiger partial charge in [0.15, 0.2) is 0 Å². The second-order valence-electron chi connectivity index (χ2n) is 5.22. The van der Waals surface area contributed by atoms with Crippen molar-refractivity contribution >= 4 is 5.91 Å². The minimum absolute atomic E-state index is 0.0298. The Balaban J connectivity index is 2.75. The molecule has 3 heteroatoms. The summed E-state index contributed by atoms with van der Waals surface area (Å²) in [5.74, 6) is -0.0914. The van der Waals surface area contributed by atoms with Gasteiger partial charge in [-0.1, -0.05) is 37.3 Å². The molecule has 3 nitrogen and oxygen atoms in total. The van der Waals surface area contributed by atoms with Crippen LogP contribution in [-0.4, -0.2) is 23.2 Å². The zero-order chi connectivity index (χ0) is 13.6. The van der Waals surface area contributed by atoms with Crippen molar-refractivity contribution < 1.29 is 9.90 Å². The monoisotopic (exact) mass is 249 g/mol. The maximum Gasteiger partial charge on any atom is 0.227 e. The second kappa shape index (κ2) is 6.55. The maximum atomic E-state index is 12.3. The molecule has 18 heavy (non-hydrogen) atoms. The Morgan fingerprint density at radius 2 is 1.94 bits per heavy atom. The first kappa shape index (κ1) is 14.7. The third kappa shape index (κ3) is 4.15. The van der Waals surface area contributed by atoms with Crippen molar-refractivity contribution in [1.82, 2.24) is 5.32 Å². The topological polar surface area (TPSA) is 49.3 Å². The van der Waals surface area contributed by atoms with Crippen molar-refractivity contribution in [3.8, 4) is 0 Å². The van der Waals surface area contributed by atoms with E-state index < -0.39 is 0 Å². The fourth-order valence-corrected chi connectivity index (χ4v) is 2.02. The third-order valence-electron chi connectivity index (χ3n) is 3.13. The number of hydrogen-bond acceptors (Lipinski definition) is 2. The molecule has 1 aromatic rings. The summed E-state index contributed by atoms with van der Waals surface area (Å²) in [7, 11) is 0. The fourth-order valence-electron chi connectivity index (χ4n) is 2.02. The van der Waals surface area contributed by atoms with Crippen LogP contribution in [0.4, 0.5) is 0 Å². The largest absolute Gasteiger partial charge is 0.396 e. The van der Waals surface area contributed by atoms with Crippen LogP contribution in [-0.2, 0) is 4.79 Å². The molecule has 0 spiro atoms. The van der Waals surface area contributed by atoms with E-state index in [1.54, 1.807) is 0 Å². The molecule has 0 aliphatic carbocycles. The lowest BCUT2D eigenvalue weighted by Crippen LogP contribution is -2.46. The molecule has 0 fully saturated rings. The zero-order valence-corrected chi connectivity index (χ0v) is 11.4.